The third-order valence-electron chi connectivity index (χ3n) is 6.87. The number of aryl methyl sites for hydroxylation is 1. The Labute approximate surface area is 231 Å². The number of benzene rings is 3. The van der Waals surface area contributed by atoms with Gasteiger partial charge in [-0.1, -0.05) is 42.8 Å². The number of amides is 2. The van der Waals surface area contributed by atoms with Crippen molar-refractivity contribution in [2.75, 3.05) is 30.7 Å². The van der Waals surface area contributed by atoms with E-state index in [1.54, 1.807) is 7.11 Å². The van der Waals surface area contributed by atoms with E-state index in [0.717, 1.165) is 23.4 Å². The van der Waals surface area contributed by atoms with Crippen LogP contribution in [0.5, 0.6) is 5.75 Å². The molecule has 10 heteroatoms. The van der Waals surface area contributed by atoms with Gasteiger partial charge in [0.15, 0.2) is 0 Å². The Morgan fingerprint density at radius 2 is 1.79 bits per heavy atom. The Hall–Kier alpha value is -3.95. The molecule has 2 amide bonds. The summed E-state index contributed by atoms with van der Waals surface area (Å²) in [6.45, 7) is 3.55. The highest BCUT2D eigenvalue weighted by atomic mass is 35.5. The number of aliphatic imine (C=N–C) groups is 1. The van der Waals surface area contributed by atoms with Crippen LogP contribution in [0.25, 0.3) is 0 Å². The zero-order valence-corrected chi connectivity index (χ0v) is 22.5. The number of guanidine groups is 1. The summed E-state index contributed by atoms with van der Waals surface area (Å²) in [5.41, 5.74) is 3.49. The van der Waals surface area contributed by atoms with Gasteiger partial charge in [-0.05, 0) is 60.0 Å². The van der Waals surface area contributed by atoms with Crippen molar-refractivity contribution in [2.24, 2.45) is 4.99 Å². The fraction of sp³-hybridized carbons (Fsp3) is 0.276. The summed E-state index contributed by atoms with van der Waals surface area (Å²) in [6.07, 6.45) is 0.828. The first-order chi connectivity index (χ1) is 18.8. The Kier molecular flexibility index (Phi) is 7.81. The van der Waals surface area contributed by atoms with Crippen LogP contribution in [-0.2, 0) is 22.6 Å². The molecule has 1 atom stereocenters. The van der Waals surface area contributed by atoms with E-state index >= 15 is 0 Å². The molecule has 1 N–H and O–H groups in total. The molecule has 0 saturated carbocycles. The van der Waals surface area contributed by atoms with Gasteiger partial charge in [0.25, 0.3) is 5.91 Å². The Morgan fingerprint density at radius 1 is 1.08 bits per heavy atom. The molecule has 2 aliphatic heterocycles. The number of nitrogens with one attached hydrogen (secondary N) is 1. The van der Waals surface area contributed by atoms with Gasteiger partial charge in [0.2, 0.25) is 11.9 Å². The number of nitrogens with zero attached hydrogens (tertiary/aromatic N) is 4. The minimum Gasteiger partial charge on any atom is -0.497 e. The average Bonchev–Trinajstić information content (AvgIpc) is 2.95. The second-order valence-corrected chi connectivity index (χ2v) is 9.93. The summed E-state index contributed by atoms with van der Waals surface area (Å²) in [4.78, 5) is 36.6. The number of rotatable bonds is 7. The summed E-state index contributed by atoms with van der Waals surface area (Å²) in [6, 6.07) is 19.1. The highest BCUT2D eigenvalue weighted by molar-refractivity contribution is 6.31. The van der Waals surface area contributed by atoms with Gasteiger partial charge in [-0.2, -0.15) is 4.99 Å². The topological polar surface area (TPSA) is 77.5 Å². The monoisotopic (exact) mass is 549 g/mol. The van der Waals surface area contributed by atoms with Gasteiger partial charge in [-0.25, -0.2) is 4.39 Å². The van der Waals surface area contributed by atoms with E-state index in [-0.39, 0.29) is 17.4 Å². The molecule has 0 unspecified atom stereocenters. The normalized spacial score (nSPS) is 17.5. The quantitative estimate of drug-likeness (QED) is 0.452. The maximum Gasteiger partial charge on any atom is 0.251 e. The highest BCUT2D eigenvalue weighted by Gasteiger charge is 2.41. The third kappa shape index (κ3) is 5.89. The van der Waals surface area contributed by atoms with Crippen molar-refractivity contribution in [2.45, 2.75) is 32.4 Å². The van der Waals surface area contributed by atoms with E-state index in [4.69, 9.17) is 16.3 Å². The molecule has 0 radical (unpaired) electrons. The van der Waals surface area contributed by atoms with Crippen LogP contribution in [-0.4, -0.2) is 54.1 Å². The van der Waals surface area contributed by atoms with Crippen LogP contribution < -0.4 is 15.0 Å². The van der Waals surface area contributed by atoms with Gasteiger partial charge in [0.1, 0.15) is 17.6 Å². The van der Waals surface area contributed by atoms with Gasteiger partial charge in [-0.15, -0.1) is 0 Å². The minimum atomic E-state index is -0.815. The summed E-state index contributed by atoms with van der Waals surface area (Å²) in [5, 5.41) is 2.69. The molecule has 0 bridgehead atoms. The van der Waals surface area contributed by atoms with Gasteiger partial charge in [0, 0.05) is 17.9 Å². The second kappa shape index (κ2) is 11.4. The smallest absolute Gasteiger partial charge is 0.251 e. The van der Waals surface area contributed by atoms with Crippen LogP contribution in [0.3, 0.4) is 0 Å². The Morgan fingerprint density at radius 3 is 2.46 bits per heavy atom. The lowest BCUT2D eigenvalue weighted by Gasteiger charge is -2.48. The summed E-state index contributed by atoms with van der Waals surface area (Å²) in [5.74, 6) is -0.148. The molecule has 5 rings (SSSR count). The lowest BCUT2D eigenvalue weighted by atomic mass is 10.1. The molecule has 39 heavy (non-hydrogen) atoms. The van der Waals surface area contributed by atoms with Gasteiger partial charge in [0.05, 0.1) is 31.9 Å². The van der Waals surface area contributed by atoms with E-state index in [2.05, 4.69) is 34.3 Å². The van der Waals surface area contributed by atoms with E-state index in [0.29, 0.717) is 31.5 Å². The van der Waals surface area contributed by atoms with Crippen LogP contribution in [0, 0.1) is 5.82 Å². The predicted octanol–water partition coefficient (Wildman–Crippen LogP) is 4.88. The van der Waals surface area contributed by atoms with Crippen LogP contribution >= 0.6 is 11.6 Å². The SMILES string of the molecule is CCc1ccc(N2CN(Cc3ccc(OC)cc3)CN3C2=NC(=O)C[C@H]3C(=O)Nc2ccc(F)c(Cl)c2)cc1. The number of ether oxygens (including phenoxy) is 1. The van der Waals surface area contributed by atoms with Crippen molar-refractivity contribution >= 4 is 40.7 Å². The number of carbonyl (C=O) groups is 2. The molecular formula is C29H29ClFN5O3. The van der Waals surface area contributed by atoms with Crippen LogP contribution in [0.15, 0.2) is 71.7 Å². The first kappa shape index (κ1) is 26.6. The third-order valence-corrected chi connectivity index (χ3v) is 7.16. The largest absolute Gasteiger partial charge is 0.497 e. The number of halogens is 2. The molecule has 3 aromatic carbocycles. The van der Waals surface area contributed by atoms with E-state index in [9.17, 15) is 14.0 Å². The summed E-state index contributed by atoms with van der Waals surface area (Å²) in [7, 11) is 1.63. The maximum atomic E-state index is 13.6. The fourth-order valence-corrected chi connectivity index (χ4v) is 4.95. The maximum absolute atomic E-state index is 13.6. The van der Waals surface area contributed by atoms with Crippen molar-refractivity contribution in [3.05, 3.63) is 88.7 Å². The first-order valence-corrected chi connectivity index (χ1v) is 13.1. The molecule has 2 aliphatic rings. The Balaban J connectivity index is 1.46. The number of carbonyl (C=O) groups excluding carboxylic acids is 2. The number of hydrogen-bond acceptors (Lipinski definition) is 6. The highest BCUT2D eigenvalue weighted by Crippen LogP contribution is 2.28. The van der Waals surface area contributed by atoms with E-state index in [1.165, 1.54) is 23.8 Å². The molecular weight excluding hydrogens is 521 g/mol. The zero-order valence-electron chi connectivity index (χ0n) is 21.7. The van der Waals surface area contributed by atoms with Crippen molar-refractivity contribution in [3.8, 4) is 5.75 Å². The summed E-state index contributed by atoms with van der Waals surface area (Å²) >= 11 is 5.91. The lowest BCUT2D eigenvalue weighted by Crippen LogP contribution is -2.65. The zero-order chi connectivity index (χ0) is 27.5. The molecule has 202 valence electrons. The fourth-order valence-electron chi connectivity index (χ4n) is 4.77. The van der Waals surface area contributed by atoms with Crippen molar-refractivity contribution in [3.63, 3.8) is 0 Å². The van der Waals surface area contributed by atoms with Gasteiger partial charge >= 0.3 is 0 Å². The van der Waals surface area contributed by atoms with Crippen molar-refractivity contribution < 1.29 is 18.7 Å². The Bertz CT molecular complexity index is 1400. The van der Waals surface area contributed by atoms with Crippen molar-refractivity contribution in [1.29, 1.82) is 0 Å². The molecule has 8 nitrogen and oxygen atoms in total. The summed E-state index contributed by atoms with van der Waals surface area (Å²) < 4.78 is 18.9. The van der Waals surface area contributed by atoms with Crippen LogP contribution in [0.2, 0.25) is 5.02 Å². The predicted molar refractivity (Wildman–Crippen MR) is 149 cm³/mol. The molecule has 0 spiro atoms. The molecule has 3 aromatic rings. The average molecular weight is 550 g/mol. The molecule has 0 aromatic heterocycles. The molecule has 1 fully saturated rings. The standard InChI is InChI=1S/C29H29ClFN5O3/c1-3-19-4-9-22(10-5-19)35-17-34(16-20-6-11-23(39-2)12-7-20)18-36-26(15-27(37)33-29(35)36)28(38)32-21-8-13-25(31)24(30)14-21/h4-14,26H,3,15-18H2,1-2H3,(H,32,38)/t26-/m0/s1. The van der Waals surface area contributed by atoms with E-state index in [1.807, 2.05) is 46.2 Å². The minimum absolute atomic E-state index is 0.0801. The van der Waals surface area contributed by atoms with Crippen molar-refractivity contribution in [1.82, 2.24) is 9.80 Å². The molecule has 2 heterocycles. The molecule has 1 saturated heterocycles. The number of anilines is 2. The number of hydrogen-bond donors (Lipinski definition) is 1. The van der Waals surface area contributed by atoms with Gasteiger partial charge < -0.3 is 15.0 Å². The number of methoxy groups -OCH3 is 1. The second-order valence-electron chi connectivity index (χ2n) is 9.52. The molecule has 0 aliphatic carbocycles. The van der Waals surface area contributed by atoms with Gasteiger partial charge in [-0.3, -0.25) is 19.4 Å². The van der Waals surface area contributed by atoms with E-state index < -0.39 is 17.8 Å². The van der Waals surface area contributed by atoms with Crippen LogP contribution in [0.4, 0.5) is 15.8 Å². The van der Waals surface area contributed by atoms with Crippen LogP contribution in [0.1, 0.15) is 24.5 Å². The lowest BCUT2D eigenvalue weighted by molar-refractivity contribution is -0.127. The first-order valence-electron chi connectivity index (χ1n) is 12.7. The number of fused-ring (bicyclic) bond motifs is 1.